The summed E-state index contributed by atoms with van der Waals surface area (Å²) in [5.74, 6) is -1.88. The van der Waals surface area contributed by atoms with E-state index in [9.17, 15) is 18.0 Å². The molecule has 0 aromatic heterocycles. The average molecular weight is 353 g/mol. The van der Waals surface area contributed by atoms with Crippen molar-refractivity contribution in [2.45, 2.75) is 33.1 Å². The maximum absolute atomic E-state index is 12.1. The molecule has 1 fully saturated rings. The highest BCUT2D eigenvalue weighted by atomic mass is 32.2. The fourth-order valence-corrected chi connectivity index (χ4v) is 4.54. The molecule has 0 spiro atoms. The number of ether oxygens (including phenoxy) is 1. The number of sulfone groups is 1. The molecule has 1 aliphatic heterocycles. The second-order valence-electron chi connectivity index (χ2n) is 5.91. The SMILES string of the molecule is CCc1cccc(CC)c1NC(=O)COC(=O)C1CCS(=O)(=O)C1. The summed E-state index contributed by atoms with van der Waals surface area (Å²) in [5.41, 5.74) is 2.82. The van der Waals surface area contributed by atoms with E-state index < -0.39 is 34.2 Å². The number of para-hydroxylation sites is 1. The summed E-state index contributed by atoms with van der Waals surface area (Å²) in [4.78, 5) is 24.0. The van der Waals surface area contributed by atoms with Gasteiger partial charge in [0.15, 0.2) is 16.4 Å². The van der Waals surface area contributed by atoms with Crippen LogP contribution < -0.4 is 5.32 Å². The fraction of sp³-hybridized carbons (Fsp3) is 0.529. The molecule has 0 aliphatic carbocycles. The standard InChI is InChI=1S/C17H23NO5S/c1-3-12-6-5-7-13(4-2)16(12)18-15(19)10-23-17(20)14-8-9-24(21,22)11-14/h5-7,14H,3-4,8-11H2,1-2H3,(H,18,19). The van der Waals surface area contributed by atoms with Crippen molar-refractivity contribution < 1.29 is 22.7 Å². The summed E-state index contributed by atoms with van der Waals surface area (Å²) in [7, 11) is -3.15. The van der Waals surface area contributed by atoms with Crippen LogP contribution in [-0.4, -0.2) is 38.4 Å². The highest BCUT2D eigenvalue weighted by Gasteiger charge is 2.34. The predicted molar refractivity (Wildman–Crippen MR) is 91.5 cm³/mol. The summed E-state index contributed by atoms with van der Waals surface area (Å²) in [5, 5.41) is 2.81. The van der Waals surface area contributed by atoms with Gasteiger partial charge in [-0.25, -0.2) is 8.42 Å². The molecule has 1 aliphatic rings. The van der Waals surface area contributed by atoms with Gasteiger partial charge in [0, 0.05) is 5.69 Å². The molecule has 2 rings (SSSR count). The molecule has 1 atom stereocenters. The van der Waals surface area contributed by atoms with Gasteiger partial charge in [-0.2, -0.15) is 0 Å². The zero-order valence-electron chi connectivity index (χ0n) is 14.0. The van der Waals surface area contributed by atoms with Crippen molar-refractivity contribution in [3.8, 4) is 0 Å². The van der Waals surface area contributed by atoms with Crippen molar-refractivity contribution in [1.82, 2.24) is 0 Å². The number of esters is 1. The molecule has 1 aromatic rings. The van der Waals surface area contributed by atoms with Gasteiger partial charge in [-0.05, 0) is 30.4 Å². The molecular formula is C17H23NO5S. The van der Waals surface area contributed by atoms with Gasteiger partial charge in [0.05, 0.1) is 17.4 Å². The van der Waals surface area contributed by atoms with E-state index in [1.54, 1.807) is 0 Å². The van der Waals surface area contributed by atoms with E-state index in [-0.39, 0.29) is 17.9 Å². The van der Waals surface area contributed by atoms with Gasteiger partial charge in [-0.1, -0.05) is 32.0 Å². The van der Waals surface area contributed by atoms with Crippen molar-refractivity contribution in [3.05, 3.63) is 29.3 Å². The largest absolute Gasteiger partial charge is 0.455 e. The second-order valence-corrected chi connectivity index (χ2v) is 8.14. The number of carbonyl (C=O) groups excluding carboxylic acids is 2. The second kappa shape index (κ2) is 7.79. The molecule has 1 heterocycles. The highest BCUT2D eigenvalue weighted by Crippen LogP contribution is 2.23. The van der Waals surface area contributed by atoms with Crippen LogP contribution in [0.5, 0.6) is 0 Å². The quantitative estimate of drug-likeness (QED) is 0.787. The monoisotopic (exact) mass is 353 g/mol. The van der Waals surface area contributed by atoms with Gasteiger partial charge in [0.1, 0.15) is 0 Å². The van der Waals surface area contributed by atoms with Gasteiger partial charge in [-0.15, -0.1) is 0 Å². The zero-order valence-corrected chi connectivity index (χ0v) is 14.8. The molecule has 132 valence electrons. The molecule has 1 saturated heterocycles. The Morgan fingerprint density at radius 3 is 2.33 bits per heavy atom. The summed E-state index contributed by atoms with van der Waals surface area (Å²) in [6.45, 7) is 3.60. The number of carbonyl (C=O) groups is 2. The zero-order chi connectivity index (χ0) is 17.7. The van der Waals surface area contributed by atoms with Crippen molar-refractivity contribution in [1.29, 1.82) is 0 Å². The van der Waals surface area contributed by atoms with Gasteiger partial charge < -0.3 is 10.1 Å². The van der Waals surface area contributed by atoms with Crippen LogP contribution in [0, 0.1) is 5.92 Å². The molecule has 1 N–H and O–H groups in total. The average Bonchev–Trinajstić information content (AvgIpc) is 2.92. The van der Waals surface area contributed by atoms with E-state index in [0.717, 1.165) is 29.7 Å². The smallest absolute Gasteiger partial charge is 0.310 e. The van der Waals surface area contributed by atoms with Crippen molar-refractivity contribution in [2.75, 3.05) is 23.4 Å². The Morgan fingerprint density at radius 2 is 1.83 bits per heavy atom. The van der Waals surface area contributed by atoms with Crippen LogP contribution in [0.3, 0.4) is 0 Å². The van der Waals surface area contributed by atoms with Crippen LogP contribution in [0.25, 0.3) is 0 Å². The molecule has 24 heavy (non-hydrogen) atoms. The van der Waals surface area contributed by atoms with Crippen molar-refractivity contribution in [3.63, 3.8) is 0 Å². The van der Waals surface area contributed by atoms with Crippen molar-refractivity contribution in [2.24, 2.45) is 5.92 Å². The third kappa shape index (κ3) is 4.56. The number of benzene rings is 1. The minimum absolute atomic E-state index is 0.00268. The number of hydrogen-bond donors (Lipinski definition) is 1. The minimum atomic E-state index is -3.15. The van der Waals surface area contributed by atoms with Crippen LogP contribution in [0.15, 0.2) is 18.2 Å². The van der Waals surface area contributed by atoms with Crippen LogP contribution in [-0.2, 0) is 37.0 Å². The van der Waals surface area contributed by atoms with E-state index in [1.807, 2.05) is 32.0 Å². The van der Waals surface area contributed by atoms with Gasteiger partial charge >= 0.3 is 5.97 Å². The van der Waals surface area contributed by atoms with E-state index in [1.165, 1.54) is 0 Å². The Hall–Kier alpha value is -1.89. The molecular weight excluding hydrogens is 330 g/mol. The first-order valence-electron chi connectivity index (χ1n) is 8.14. The lowest BCUT2D eigenvalue weighted by Crippen LogP contribution is -2.26. The van der Waals surface area contributed by atoms with E-state index in [4.69, 9.17) is 4.74 Å². The van der Waals surface area contributed by atoms with Gasteiger partial charge in [0.25, 0.3) is 5.91 Å². The van der Waals surface area contributed by atoms with Crippen LogP contribution >= 0.6 is 0 Å². The number of amides is 1. The first kappa shape index (κ1) is 18.4. The number of nitrogens with one attached hydrogen (secondary N) is 1. The lowest BCUT2D eigenvalue weighted by Gasteiger charge is -2.15. The lowest BCUT2D eigenvalue weighted by atomic mass is 10.0. The molecule has 1 unspecified atom stereocenters. The molecule has 1 aromatic carbocycles. The van der Waals surface area contributed by atoms with E-state index in [2.05, 4.69) is 5.32 Å². The summed E-state index contributed by atoms with van der Waals surface area (Å²) < 4.78 is 27.7. The van der Waals surface area contributed by atoms with E-state index >= 15 is 0 Å². The molecule has 0 bridgehead atoms. The maximum atomic E-state index is 12.1. The highest BCUT2D eigenvalue weighted by molar-refractivity contribution is 7.91. The molecule has 0 radical (unpaired) electrons. The first-order chi connectivity index (χ1) is 11.4. The third-order valence-electron chi connectivity index (χ3n) is 4.17. The Morgan fingerprint density at radius 1 is 1.21 bits per heavy atom. The summed E-state index contributed by atoms with van der Waals surface area (Å²) >= 11 is 0. The normalized spacial score (nSPS) is 19.0. The maximum Gasteiger partial charge on any atom is 0.310 e. The predicted octanol–water partition coefficient (Wildman–Crippen LogP) is 1.73. The number of aryl methyl sites for hydroxylation is 2. The topological polar surface area (TPSA) is 89.5 Å². The summed E-state index contributed by atoms with van der Waals surface area (Å²) in [6, 6.07) is 5.85. The van der Waals surface area contributed by atoms with Crippen LogP contribution in [0.2, 0.25) is 0 Å². The first-order valence-corrected chi connectivity index (χ1v) is 9.96. The van der Waals surface area contributed by atoms with Crippen LogP contribution in [0.4, 0.5) is 5.69 Å². The third-order valence-corrected chi connectivity index (χ3v) is 5.94. The number of hydrogen-bond acceptors (Lipinski definition) is 5. The number of anilines is 1. The Kier molecular flexibility index (Phi) is 5.99. The Bertz CT molecular complexity index is 704. The molecule has 1 amide bonds. The van der Waals surface area contributed by atoms with Gasteiger partial charge in [0.2, 0.25) is 0 Å². The summed E-state index contributed by atoms with van der Waals surface area (Å²) in [6.07, 6.45) is 1.83. The van der Waals surface area contributed by atoms with E-state index in [0.29, 0.717) is 0 Å². The molecule has 6 nitrogen and oxygen atoms in total. The lowest BCUT2D eigenvalue weighted by molar-refractivity contribution is -0.150. The Balaban J connectivity index is 1.94. The Labute approximate surface area is 142 Å². The molecule has 7 heteroatoms. The molecule has 0 saturated carbocycles. The number of rotatable bonds is 6. The van der Waals surface area contributed by atoms with Crippen LogP contribution in [0.1, 0.15) is 31.4 Å². The minimum Gasteiger partial charge on any atom is -0.455 e. The fourth-order valence-electron chi connectivity index (χ4n) is 2.81. The van der Waals surface area contributed by atoms with Crippen molar-refractivity contribution >= 4 is 27.4 Å². The van der Waals surface area contributed by atoms with Gasteiger partial charge in [-0.3, -0.25) is 9.59 Å².